The number of anilines is 2. The number of benzene rings is 1. The summed E-state index contributed by atoms with van der Waals surface area (Å²) in [6.07, 6.45) is 2.53. The normalized spacial score (nSPS) is 14.1. The van der Waals surface area contributed by atoms with Crippen molar-refractivity contribution in [2.24, 2.45) is 0 Å². The molecule has 1 N–H and O–H groups in total. The van der Waals surface area contributed by atoms with Gasteiger partial charge in [0.25, 0.3) is 0 Å². The van der Waals surface area contributed by atoms with Gasteiger partial charge in [0, 0.05) is 6.54 Å². The van der Waals surface area contributed by atoms with Crippen LogP contribution in [0.3, 0.4) is 0 Å². The van der Waals surface area contributed by atoms with Crippen LogP contribution in [-0.2, 0) is 17.9 Å². The maximum atomic E-state index is 12.2. The number of nitrogens with zero attached hydrogens (tertiary/aromatic N) is 4. The first-order chi connectivity index (χ1) is 9.79. The number of para-hydroxylation sites is 2. The fourth-order valence-electron chi connectivity index (χ4n) is 2.38. The zero-order valence-electron chi connectivity index (χ0n) is 11.4. The van der Waals surface area contributed by atoms with E-state index in [-0.39, 0.29) is 5.91 Å². The second-order valence-electron chi connectivity index (χ2n) is 4.75. The van der Waals surface area contributed by atoms with Gasteiger partial charge in [-0.1, -0.05) is 19.1 Å². The van der Waals surface area contributed by atoms with Crippen molar-refractivity contribution in [1.82, 2.24) is 14.8 Å². The fourth-order valence-corrected chi connectivity index (χ4v) is 2.38. The number of nitrogens with one attached hydrogen (secondary N) is 1. The van der Waals surface area contributed by atoms with Crippen molar-refractivity contribution < 1.29 is 4.79 Å². The van der Waals surface area contributed by atoms with E-state index in [9.17, 15) is 4.79 Å². The van der Waals surface area contributed by atoms with Crippen LogP contribution in [-0.4, -0.2) is 27.2 Å². The van der Waals surface area contributed by atoms with E-state index in [4.69, 9.17) is 0 Å². The maximum absolute atomic E-state index is 12.2. The standard InChI is InChI=1S/C14H17N5O/c1-2-7-19-13(16-10-17-19)9-18-12-6-4-3-5-11(12)15-8-14(18)20/h3-6,10,15H,2,7-9H2,1H3. The Morgan fingerprint density at radius 1 is 1.35 bits per heavy atom. The summed E-state index contributed by atoms with van der Waals surface area (Å²) in [7, 11) is 0. The molecule has 20 heavy (non-hydrogen) atoms. The molecule has 0 radical (unpaired) electrons. The first kappa shape index (κ1) is 12.7. The third-order valence-corrected chi connectivity index (χ3v) is 3.36. The van der Waals surface area contributed by atoms with Crippen molar-refractivity contribution in [3.05, 3.63) is 36.4 Å². The number of fused-ring (bicyclic) bond motifs is 1. The lowest BCUT2D eigenvalue weighted by Crippen LogP contribution is -2.40. The van der Waals surface area contributed by atoms with E-state index < -0.39 is 0 Å². The van der Waals surface area contributed by atoms with Crippen LogP contribution in [0.15, 0.2) is 30.6 Å². The topological polar surface area (TPSA) is 63.1 Å². The van der Waals surface area contributed by atoms with Crippen LogP contribution in [0.4, 0.5) is 11.4 Å². The van der Waals surface area contributed by atoms with Gasteiger partial charge in [-0.25, -0.2) is 9.67 Å². The number of hydrogen-bond acceptors (Lipinski definition) is 4. The molecule has 0 saturated carbocycles. The molecule has 2 aromatic rings. The summed E-state index contributed by atoms with van der Waals surface area (Å²) >= 11 is 0. The fraction of sp³-hybridized carbons (Fsp3) is 0.357. The van der Waals surface area contributed by atoms with Crippen LogP contribution in [0.25, 0.3) is 0 Å². The Kier molecular flexibility index (Phi) is 3.37. The first-order valence-electron chi connectivity index (χ1n) is 6.79. The maximum Gasteiger partial charge on any atom is 0.246 e. The van der Waals surface area contributed by atoms with Gasteiger partial charge >= 0.3 is 0 Å². The molecule has 0 aliphatic carbocycles. The lowest BCUT2D eigenvalue weighted by Gasteiger charge is -2.29. The van der Waals surface area contributed by atoms with Gasteiger partial charge in [-0.3, -0.25) is 4.79 Å². The number of aromatic nitrogens is 3. The van der Waals surface area contributed by atoms with Gasteiger partial charge in [-0.2, -0.15) is 5.10 Å². The minimum Gasteiger partial charge on any atom is -0.374 e. The molecule has 1 aromatic heterocycles. The number of hydrogen-bond donors (Lipinski definition) is 1. The van der Waals surface area contributed by atoms with Crippen molar-refractivity contribution in [1.29, 1.82) is 0 Å². The average Bonchev–Trinajstić information content (AvgIpc) is 2.90. The molecule has 0 fully saturated rings. The largest absolute Gasteiger partial charge is 0.374 e. The summed E-state index contributed by atoms with van der Waals surface area (Å²) in [6, 6.07) is 7.81. The Hall–Kier alpha value is -2.37. The summed E-state index contributed by atoms with van der Waals surface area (Å²) < 4.78 is 1.86. The van der Waals surface area contributed by atoms with Crippen LogP contribution in [0.1, 0.15) is 19.2 Å². The number of carbonyl (C=O) groups is 1. The van der Waals surface area contributed by atoms with E-state index in [1.807, 2.05) is 28.9 Å². The monoisotopic (exact) mass is 271 g/mol. The molecule has 0 bridgehead atoms. The number of rotatable bonds is 4. The van der Waals surface area contributed by atoms with Gasteiger partial charge in [-0.05, 0) is 18.6 Å². The molecule has 3 rings (SSSR count). The molecule has 1 amide bonds. The summed E-state index contributed by atoms with van der Waals surface area (Å²) in [5, 5.41) is 7.33. The molecule has 0 unspecified atom stereocenters. The zero-order valence-corrected chi connectivity index (χ0v) is 11.4. The van der Waals surface area contributed by atoms with Crippen molar-refractivity contribution in [2.75, 3.05) is 16.8 Å². The van der Waals surface area contributed by atoms with Crippen LogP contribution >= 0.6 is 0 Å². The van der Waals surface area contributed by atoms with Gasteiger partial charge in [0.15, 0.2) is 0 Å². The van der Waals surface area contributed by atoms with Crippen molar-refractivity contribution in [3.63, 3.8) is 0 Å². The highest BCUT2D eigenvalue weighted by Gasteiger charge is 2.24. The third-order valence-electron chi connectivity index (χ3n) is 3.36. The second-order valence-corrected chi connectivity index (χ2v) is 4.75. The third kappa shape index (κ3) is 2.24. The molecule has 1 aromatic carbocycles. The predicted octanol–water partition coefficient (Wildman–Crippen LogP) is 1.65. The number of aryl methyl sites for hydroxylation is 1. The van der Waals surface area contributed by atoms with E-state index in [0.717, 1.165) is 30.2 Å². The van der Waals surface area contributed by atoms with Gasteiger partial charge in [0.1, 0.15) is 12.2 Å². The number of amides is 1. The Labute approximate surface area is 117 Å². The smallest absolute Gasteiger partial charge is 0.246 e. The van der Waals surface area contributed by atoms with Gasteiger partial charge in [0.05, 0.1) is 24.5 Å². The molecule has 1 aliphatic heterocycles. The average molecular weight is 271 g/mol. The molecule has 6 heteroatoms. The summed E-state index contributed by atoms with van der Waals surface area (Å²) in [4.78, 5) is 18.2. The first-order valence-corrected chi connectivity index (χ1v) is 6.79. The minimum absolute atomic E-state index is 0.0507. The van der Waals surface area contributed by atoms with Crippen molar-refractivity contribution in [2.45, 2.75) is 26.4 Å². The Morgan fingerprint density at radius 2 is 2.20 bits per heavy atom. The zero-order chi connectivity index (χ0) is 13.9. The number of carbonyl (C=O) groups excluding carboxylic acids is 1. The summed E-state index contributed by atoms with van der Waals surface area (Å²) in [5.74, 6) is 0.867. The minimum atomic E-state index is 0.0507. The van der Waals surface area contributed by atoms with E-state index in [0.29, 0.717) is 13.1 Å². The molecule has 0 saturated heterocycles. The predicted molar refractivity (Wildman–Crippen MR) is 76.4 cm³/mol. The van der Waals surface area contributed by atoms with Gasteiger partial charge in [-0.15, -0.1) is 0 Å². The van der Waals surface area contributed by atoms with Crippen LogP contribution in [0.5, 0.6) is 0 Å². The van der Waals surface area contributed by atoms with Crippen LogP contribution in [0, 0.1) is 0 Å². The molecular formula is C14H17N5O. The Morgan fingerprint density at radius 3 is 3.05 bits per heavy atom. The SMILES string of the molecule is CCCn1ncnc1CN1C(=O)CNc2ccccc21. The Bertz CT molecular complexity index is 622. The summed E-state index contributed by atoms with van der Waals surface area (Å²) in [6.45, 7) is 3.68. The lowest BCUT2D eigenvalue weighted by atomic mass is 10.2. The molecular weight excluding hydrogens is 254 g/mol. The van der Waals surface area contributed by atoms with E-state index in [1.165, 1.54) is 0 Å². The van der Waals surface area contributed by atoms with E-state index in [2.05, 4.69) is 22.3 Å². The van der Waals surface area contributed by atoms with Gasteiger partial charge in [0.2, 0.25) is 5.91 Å². The summed E-state index contributed by atoms with van der Waals surface area (Å²) in [5.41, 5.74) is 1.88. The van der Waals surface area contributed by atoms with E-state index >= 15 is 0 Å². The van der Waals surface area contributed by atoms with Crippen molar-refractivity contribution >= 4 is 17.3 Å². The van der Waals surface area contributed by atoms with Crippen LogP contribution < -0.4 is 10.2 Å². The molecule has 0 atom stereocenters. The highest BCUT2D eigenvalue weighted by Crippen LogP contribution is 2.29. The highest BCUT2D eigenvalue weighted by atomic mass is 16.2. The van der Waals surface area contributed by atoms with Gasteiger partial charge < -0.3 is 10.2 Å². The quantitative estimate of drug-likeness (QED) is 0.918. The molecule has 2 heterocycles. The van der Waals surface area contributed by atoms with Crippen LogP contribution in [0.2, 0.25) is 0 Å². The molecule has 104 valence electrons. The molecule has 0 spiro atoms. The molecule has 6 nitrogen and oxygen atoms in total. The highest BCUT2D eigenvalue weighted by molar-refractivity contribution is 6.02. The lowest BCUT2D eigenvalue weighted by molar-refractivity contribution is -0.117. The second kappa shape index (κ2) is 5.32. The van der Waals surface area contributed by atoms with E-state index in [1.54, 1.807) is 11.2 Å². The van der Waals surface area contributed by atoms with Crippen molar-refractivity contribution in [3.8, 4) is 0 Å². The molecule has 1 aliphatic rings. The Balaban J connectivity index is 1.90.